The number of rotatable bonds is 14. The van der Waals surface area contributed by atoms with Crippen molar-refractivity contribution in [2.45, 2.75) is 89.1 Å². The molecule has 1 rings (SSSR count). The molecule has 5 nitrogen and oxygen atoms in total. The van der Waals surface area contributed by atoms with Gasteiger partial charge < -0.3 is 24.8 Å². The molecule has 0 aromatic rings. The number of aliphatic hydroxyl groups is 3. The number of allylic oxidation sites excluding steroid dienone is 1. The highest BCUT2D eigenvalue weighted by atomic mass is 16.6. The van der Waals surface area contributed by atoms with Gasteiger partial charge in [0.2, 0.25) is 0 Å². The summed E-state index contributed by atoms with van der Waals surface area (Å²) in [6.07, 6.45) is 12.5. The molecule has 0 spiro atoms. The van der Waals surface area contributed by atoms with Crippen molar-refractivity contribution in [2.24, 2.45) is 0 Å². The average Bonchev–Trinajstić information content (AvgIpc) is 2.92. The first-order chi connectivity index (χ1) is 11.7. The van der Waals surface area contributed by atoms with Crippen LogP contribution >= 0.6 is 0 Å². The van der Waals surface area contributed by atoms with Crippen LogP contribution in [0.1, 0.15) is 64.7 Å². The van der Waals surface area contributed by atoms with Crippen LogP contribution in [0.15, 0.2) is 12.2 Å². The summed E-state index contributed by atoms with van der Waals surface area (Å²) in [6, 6.07) is 0. The normalized spacial score (nSPS) is 25.6. The molecule has 4 atom stereocenters. The van der Waals surface area contributed by atoms with Crippen molar-refractivity contribution in [1.29, 1.82) is 0 Å². The maximum atomic E-state index is 9.77. The number of aliphatic hydroxyl groups excluding tert-OH is 3. The van der Waals surface area contributed by atoms with E-state index in [9.17, 15) is 15.3 Å². The summed E-state index contributed by atoms with van der Waals surface area (Å²) in [5, 5.41) is 28.6. The molecule has 0 unspecified atom stereocenters. The second kappa shape index (κ2) is 13.8. The molecule has 0 amide bonds. The molecule has 0 aromatic carbocycles. The largest absolute Gasteiger partial charge is 0.394 e. The van der Waals surface area contributed by atoms with Crippen molar-refractivity contribution in [3.8, 4) is 0 Å². The molecule has 1 fully saturated rings. The summed E-state index contributed by atoms with van der Waals surface area (Å²) in [6.45, 7) is 2.47. The summed E-state index contributed by atoms with van der Waals surface area (Å²) in [7, 11) is 0. The van der Waals surface area contributed by atoms with E-state index in [2.05, 4.69) is 13.0 Å². The zero-order valence-corrected chi connectivity index (χ0v) is 15.1. The van der Waals surface area contributed by atoms with Gasteiger partial charge in [0, 0.05) is 0 Å². The average molecular weight is 344 g/mol. The van der Waals surface area contributed by atoms with Crippen LogP contribution < -0.4 is 0 Å². The predicted octanol–water partition coefficient (Wildman–Crippen LogP) is 2.57. The van der Waals surface area contributed by atoms with Crippen LogP contribution in [-0.4, -0.2) is 59.6 Å². The maximum Gasteiger partial charge on any atom is 0.114 e. The van der Waals surface area contributed by atoms with Gasteiger partial charge in [-0.3, -0.25) is 0 Å². The Balaban J connectivity index is 2.00. The molecule has 3 N–H and O–H groups in total. The van der Waals surface area contributed by atoms with Crippen molar-refractivity contribution in [2.75, 3.05) is 19.8 Å². The Morgan fingerprint density at radius 2 is 1.71 bits per heavy atom. The third-order valence-electron chi connectivity index (χ3n) is 4.53. The lowest BCUT2D eigenvalue weighted by Gasteiger charge is -2.23. The summed E-state index contributed by atoms with van der Waals surface area (Å²) in [5.74, 6) is 0. The van der Waals surface area contributed by atoms with Gasteiger partial charge in [0.25, 0.3) is 0 Å². The Kier molecular flexibility index (Phi) is 12.4. The molecule has 0 bridgehead atoms. The molecule has 5 heteroatoms. The molecular weight excluding hydrogens is 308 g/mol. The summed E-state index contributed by atoms with van der Waals surface area (Å²) < 4.78 is 10.8. The highest BCUT2D eigenvalue weighted by Gasteiger charge is 2.40. The molecular formula is C19H36O5. The quantitative estimate of drug-likeness (QED) is 0.333. The second-order valence-electron chi connectivity index (χ2n) is 6.65. The maximum absolute atomic E-state index is 9.77. The first-order valence-corrected chi connectivity index (χ1v) is 9.55. The third kappa shape index (κ3) is 8.58. The predicted molar refractivity (Wildman–Crippen MR) is 94.9 cm³/mol. The van der Waals surface area contributed by atoms with E-state index >= 15 is 0 Å². The molecule has 142 valence electrons. The summed E-state index contributed by atoms with van der Waals surface area (Å²) >= 11 is 0. The van der Waals surface area contributed by atoms with Gasteiger partial charge in [-0.05, 0) is 12.8 Å². The van der Waals surface area contributed by atoms with Gasteiger partial charge in [0.15, 0.2) is 0 Å². The first-order valence-electron chi connectivity index (χ1n) is 9.55. The van der Waals surface area contributed by atoms with E-state index in [0.717, 1.165) is 6.42 Å². The van der Waals surface area contributed by atoms with E-state index in [1.165, 1.54) is 51.4 Å². The van der Waals surface area contributed by atoms with E-state index < -0.39 is 24.4 Å². The minimum Gasteiger partial charge on any atom is -0.394 e. The lowest BCUT2D eigenvalue weighted by Crippen LogP contribution is -2.42. The monoisotopic (exact) mass is 344 g/mol. The minimum absolute atomic E-state index is 0.0833. The lowest BCUT2D eigenvalue weighted by molar-refractivity contribution is -0.0942. The van der Waals surface area contributed by atoms with Crippen LogP contribution in [0.4, 0.5) is 0 Å². The topological polar surface area (TPSA) is 79.2 Å². The van der Waals surface area contributed by atoms with Crippen molar-refractivity contribution in [3.63, 3.8) is 0 Å². The van der Waals surface area contributed by atoms with Gasteiger partial charge in [-0.2, -0.15) is 0 Å². The highest BCUT2D eigenvalue weighted by molar-refractivity contribution is 4.89. The first kappa shape index (κ1) is 21.6. The molecule has 1 aliphatic rings. The third-order valence-corrected chi connectivity index (χ3v) is 4.53. The second-order valence-corrected chi connectivity index (χ2v) is 6.65. The fourth-order valence-corrected chi connectivity index (χ4v) is 2.97. The summed E-state index contributed by atoms with van der Waals surface area (Å²) in [5.41, 5.74) is 0. The van der Waals surface area contributed by atoms with E-state index in [4.69, 9.17) is 9.47 Å². The van der Waals surface area contributed by atoms with Gasteiger partial charge in [-0.25, -0.2) is 0 Å². The number of ether oxygens (including phenoxy) is 2. The van der Waals surface area contributed by atoms with E-state index in [1.54, 1.807) is 0 Å². The van der Waals surface area contributed by atoms with Crippen LogP contribution in [0.5, 0.6) is 0 Å². The zero-order chi connectivity index (χ0) is 17.6. The van der Waals surface area contributed by atoms with Crippen molar-refractivity contribution >= 4 is 0 Å². The lowest BCUT2D eigenvalue weighted by atomic mass is 10.1. The highest BCUT2D eigenvalue weighted by Crippen LogP contribution is 2.19. The standard InChI is InChI=1S/C19H36O5/c1-2-3-4-5-6-7-8-9-10-11-12-13-23-17(14-20)19-18(22)16(21)15-24-19/h11-12,16-22H,2-10,13-15H2,1H3/b12-11+/t16-,17+,18-,19-/m0/s1. The van der Waals surface area contributed by atoms with Crippen LogP contribution in [0.25, 0.3) is 0 Å². The molecule has 0 saturated carbocycles. The van der Waals surface area contributed by atoms with Crippen molar-refractivity contribution < 1.29 is 24.8 Å². The van der Waals surface area contributed by atoms with Gasteiger partial charge in [-0.1, -0.05) is 64.0 Å². The Bertz CT molecular complexity index is 321. The van der Waals surface area contributed by atoms with Crippen LogP contribution in [0.3, 0.4) is 0 Å². The molecule has 0 aromatic heterocycles. The Morgan fingerprint density at radius 3 is 2.29 bits per heavy atom. The van der Waals surface area contributed by atoms with Gasteiger partial charge in [0.1, 0.15) is 24.4 Å². The zero-order valence-electron chi connectivity index (χ0n) is 15.1. The molecule has 24 heavy (non-hydrogen) atoms. The van der Waals surface area contributed by atoms with Crippen LogP contribution in [0, 0.1) is 0 Å². The Labute approximate surface area is 146 Å². The Hall–Kier alpha value is -0.460. The minimum atomic E-state index is -0.997. The SMILES string of the molecule is CCCCCCCCCC/C=C/CO[C@H](CO)[C@@H]1OC[C@H](O)[C@@H]1O. The molecule has 0 radical (unpaired) electrons. The number of unbranched alkanes of at least 4 members (excludes halogenated alkanes) is 8. The van der Waals surface area contributed by atoms with E-state index in [0.29, 0.717) is 6.61 Å². The number of hydrogen-bond acceptors (Lipinski definition) is 5. The molecule has 1 heterocycles. The van der Waals surface area contributed by atoms with Crippen molar-refractivity contribution in [1.82, 2.24) is 0 Å². The molecule has 0 aliphatic carbocycles. The van der Waals surface area contributed by atoms with Crippen molar-refractivity contribution in [3.05, 3.63) is 12.2 Å². The van der Waals surface area contributed by atoms with E-state index in [-0.39, 0.29) is 13.2 Å². The smallest absolute Gasteiger partial charge is 0.114 e. The van der Waals surface area contributed by atoms with Gasteiger partial charge in [-0.15, -0.1) is 0 Å². The fraction of sp³-hybridized carbons (Fsp3) is 0.895. The molecule has 1 aliphatic heterocycles. The van der Waals surface area contributed by atoms with Gasteiger partial charge >= 0.3 is 0 Å². The van der Waals surface area contributed by atoms with Crippen LogP contribution in [0.2, 0.25) is 0 Å². The van der Waals surface area contributed by atoms with E-state index in [1.807, 2.05) is 6.08 Å². The Morgan fingerprint density at radius 1 is 1.04 bits per heavy atom. The summed E-state index contributed by atoms with van der Waals surface area (Å²) in [4.78, 5) is 0. The molecule has 1 saturated heterocycles. The van der Waals surface area contributed by atoms with Gasteiger partial charge in [0.05, 0.1) is 19.8 Å². The number of hydrogen-bond donors (Lipinski definition) is 3. The fourth-order valence-electron chi connectivity index (χ4n) is 2.97. The van der Waals surface area contributed by atoms with Crippen LogP contribution in [-0.2, 0) is 9.47 Å².